The van der Waals surface area contributed by atoms with Crippen molar-refractivity contribution in [2.24, 2.45) is 0 Å². The van der Waals surface area contributed by atoms with E-state index in [0.29, 0.717) is 23.7 Å². The lowest BCUT2D eigenvalue weighted by molar-refractivity contribution is 0.0697. The maximum Gasteiger partial charge on any atom is 0.339 e. The van der Waals surface area contributed by atoms with Crippen molar-refractivity contribution in [2.45, 2.75) is 26.3 Å². The van der Waals surface area contributed by atoms with Gasteiger partial charge in [0.05, 0.1) is 11.2 Å². The first kappa shape index (κ1) is 18.8. The van der Waals surface area contributed by atoms with Crippen LogP contribution in [0.1, 0.15) is 29.8 Å². The molecule has 26 heavy (non-hydrogen) atoms. The first-order valence-corrected chi connectivity index (χ1v) is 10.2. The average Bonchev–Trinajstić information content (AvgIpc) is 2.59. The number of aromatic carboxylic acids is 1. The van der Waals surface area contributed by atoms with Crippen LogP contribution < -0.4 is 5.32 Å². The van der Waals surface area contributed by atoms with Crippen LogP contribution >= 0.6 is 0 Å². The van der Waals surface area contributed by atoms with Gasteiger partial charge in [0.2, 0.25) is 0 Å². The van der Waals surface area contributed by atoms with Crippen molar-refractivity contribution in [3.05, 3.63) is 35.5 Å². The van der Waals surface area contributed by atoms with Crippen LogP contribution in [0, 0.1) is 6.92 Å². The zero-order valence-corrected chi connectivity index (χ0v) is 16.2. The van der Waals surface area contributed by atoms with Crippen molar-refractivity contribution in [3.63, 3.8) is 0 Å². The Morgan fingerprint density at radius 3 is 2.69 bits per heavy atom. The number of benzene rings is 1. The predicted octanol–water partition coefficient (Wildman–Crippen LogP) is 2.50. The van der Waals surface area contributed by atoms with Crippen molar-refractivity contribution in [3.8, 4) is 0 Å². The van der Waals surface area contributed by atoms with Gasteiger partial charge in [-0.25, -0.2) is 4.79 Å². The Labute approximate surface area is 156 Å². The van der Waals surface area contributed by atoms with Gasteiger partial charge in [-0.15, -0.1) is 0 Å². The molecule has 0 saturated carbocycles. The average molecular weight is 375 g/mol. The van der Waals surface area contributed by atoms with Crippen LogP contribution in [0.15, 0.2) is 24.4 Å². The van der Waals surface area contributed by atoms with Gasteiger partial charge in [-0.2, -0.15) is 0 Å². The van der Waals surface area contributed by atoms with Gasteiger partial charge in [0.1, 0.15) is 5.56 Å². The quantitative estimate of drug-likeness (QED) is 0.836. The summed E-state index contributed by atoms with van der Waals surface area (Å²) in [5.74, 6) is 0.400. The molecule has 140 valence electrons. The Hall–Kier alpha value is -1.99. The second kappa shape index (κ2) is 7.32. The molecule has 0 amide bonds. The molecule has 0 spiro atoms. The monoisotopic (exact) mass is 375 g/mol. The Kier molecular flexibility index (Phi) is 5.29. The SMILES string of the molecule is Cc1ccc2ncc(C(=O)O)c(NCC(C)(C)N3CCS(=O)CC3)c2c1. The second-order valence-corrected chi connectivity index (χ2v) is 9.07. The van der Waals surface area contributed by atoms with Gasteiger partial charge in [0.25, 0.3) is 0 Å². The van der Waals surface area contributed by atoms with E-state index >= 15 is 0 Å². The number of fused-ring (bicyclic) bond motifs is 1. The van der Waals surface area contributed by atoms with E-state index in [2.05, 4.69) is 29.0 Å². The van der Waals surface area contributed by atoms with Crippen LogP contribution in [0.2, 0.25) is 0 Å². The summed E-state index contributed by atoms with van der Waals surface area (Å²) in [5, 5.41) is 13.8. The summed E-state index contributed by atoms with van der Waals surface area (Å²) >= 11 is 0. The van der Waals surface area contributed by atoms with Crippen molar-refractivity contribution in [2.75, 3.05) is 36.5 Å². The fraction of sp³-hybridized carbons (Fsp3) is 0.474. The summed E-state index contributed by atoms with van der Waals surface area (Å²) in [4.78, 5) is 18.3. The molecule has 0 radical (unpaired) electrons. The fourth-order valence-corrected chi connectivity index (χ4v) is 4.37. The van der Waals surface area contributed by atoms with E-state index in [0.717, 1.165) is 29.6 Å². The first-order valence-electron chi connectivity index (χ1n) is 8.74. The first-order chi connectivity index (χ1) is 12.3. The van der Waals surface area contributed by atoms with E-state index in [1.165, 1.54) is 6.20 Å². The van der Waals surface area contributed by atoms with Crippen LogP contribution in [0.25, 0.3) is 10.9 Å². The summed E-state index contributed by atoms with van der Waals surface area (Å²) in [5.41, 5.74) is 2.44. The second-order valence-electron chi connectivity index (χ2n) is 7.37. The van der Waals surface area contributed by atoms with E-state index < -0.39 is 16.8 Å². The number of carbonyl (C=O) groups is 1. The summed E-state index contributed by atoms with van der Waals surface area (Å²) in [6, 6.07) is 5.85. The summed E-state index contributed by atoms with van der Waals surface area (Å²) in [6.45, 7) is 8.42. The number of hydrogen-bond acceptors (Lipinski definition) is 5. The molecule has 2 heterocycles. The normalized spacial score (nSPS) is 16.7. The standard InChI is InChI=1S/C19H25N3O3S/c1-13-4-5-16-14(10-13)17(15(11-20-16)18(23)24)21-12-19(2,3)22-6-8-26(25)9-7-22/h4-5,10-11H,6-9,12H2,1-3H3,(H,20,21)(H,23,24). The van der Waals surface area contributed by atoms with Crippen molar-refractivity contribution in [1.82, 2.24) is 9.88 Å². The minimum absolute atomic E-state index is 0.179. The largest absolute Gasteiger partial charge is 0.478 e. The van der Waals surface area contributed by atoms with Crippen molar-refractivity contribution >= 4 is 33.4 Å². The third kappa shape index (κ3) is 3.88. The molecule has 1 aliphatic rings. The zero-order valence-electron chi connectivity index (χ0n) is 15.4. The fourth-order valence-electron chi connectivity index (χ4n) is 3.32. The van der Waals surface area contributed by atoms with Crippen LogP contribution in [0.3, 0.4) is 0 Å². The highest BCUT2D eigenvalue weighted by atomic mass is 32.2. The highest BCUT2D eigenvalue weighted by Gasteiger charge is 2.30. The Morgan fingerprint density at radius 1 is 1.35 bits per heavy atom. The van der Waals surface area contributed by atoms with E-state index in [1.807, 2.05) is 25.1 Å². The van der Waals surface area contributed by atoms with Gasteiger partial charge in [0, 0.05) is 59.1 Å². The van der Waals surface area contributed by atoms with Crippen LogP contribution in [0.4, 0.5) is 5.69 Å². The van der Waals surface area contributed by atoms with E-state index in [-0.39, 0.29) is 11.1 Å². The van der Waals surface area contributed by atoms with Crippen molar-refractivity contribution < 1.29 is 14.1 Å². The van der Waals surface area contributed by atoms with E-state index in [1.54, 1.807) is 0 Å². The summed E-state index contributed by atoms with van der Waals surface area (Å²) in [7, 11) is -0.715. The summed E-state index contributed by atoms with van der Waals surface area (Å²) < 4.78 is 11.6. The maximum absolute atomic E-state index is 11.7. The highest BCUT2D eigenvalue weighted by molar-refractivity contribution is 7.85. The number of pyridine rings is 1. The molecule has 7 heteroatoms. The zero-order chi connectivity index (χ0) is 18.9. The molecule has 1 aliphatic heterocycles. The van der Waals surface area contributed by atoms with Gasteiger partial charge >= 0.3 is 5.97 Å². The lowest BCUT2D eigenvalue weighted by Gasteiger charge is -2.41. The van der Waals surface area contributed by atoms with Gasteiger partial charge in [-0.3, -0.25) is 14.1 Å². The van der Waals surface area contributed by atoms with Crippen LogP contribution in [-0.4, -0.2) is 61.8 Å². The topological polar surface area (TPSA) is 82.5 Å². The number of aromatic nitrogens is 1. The molecular weight excluding hydrogens is 350 g/mol. The minimum atomic E-state index is -0.991. The van der Waals surface area contributed by atoms with Crippen LogP contribution in [0.5, 0.6) is 0 Å². The third-order valence-electron chi connectivity index (χ3n) is 4.99. The Bertz CT molecular complexity index is 856. The number of nitrogens with zero attached hydrogens (tertiary/aromatic N) is 2. The predicted molar refractivity (Wildman–Crippen MR) is 105 cm³/mol. The van der Waals surface area contributed by atoms with Crippen LogP contribution in [-0.2, 0) is 10.8 Å². The number of hydrogen-bond donors (Lipinski definition) is 2. The number of aryl methyl sites for hydroxylation is 1. The van der Waals surface area contributed by atoms with Crippen molar-refractivity contribution in [1.29, 1.82) is 0 Å². The number of rotatable bonds is 5. The lowest BCUT2D eigenvalue weighted by Crippen LogP contribution is -2.53. The molecule has 1 saturated heterocycles. The lowest BCUT2D eigenvalue weighted by atomic mass is 10.0. The minimum Gasteiger partial charge on any atom is -0.478 e. The number of anilines is 1. The molecule has 0 atom stereocenters. The molecule has 6 nitrogen and oxygen atoms in total. The number of carboxylic acid groups (broad SMARTS) is 1. The van der Waals surface area contributed by atoms with Gasteiger partial charge in [-0.1, -0.05) is 11.6 Å². The smallest absolute Gasteiger partial charge is 0.339 e. The molecule has 1 fully saturated rings. The van der Waals surface area contributed by atoms with E-state index in [9.17, 15) is 14.1 Å². The molecule has 2 N–H and O–H groups in total. The Balaban J connectivity index is 1.89. The van der Waals surface area contributed by atoms with Gasteiger partial charge in [-0.05, 0) is 32.9 Å². The number of nitrogens with one attached hydrogen (secondary N) is 1. The molecule has 2 aromatic rings. The van der Waals surface area contributed by atoms with E-state index in [4.69, 9.17) is 0 Å². The third-order valence-corrected chi connectivity index (χ3v) is 6.26. The summed E-state index contributed by atoms with van der Waals surface area (Å²) in [6.07, 6.45) is 1.42. The number of carboxylic acids is 1. The molecule has 1 aromatic carbocycles. The van der Waals surface area contributed by atoms with Gasteiger partial charge < -0.3 is 10.4 Å². The maximum atomic E-state index is 11.7. The molecule has 3 rings (SSSR count). The molecule has 0 unspecified atom stereocenters. The van der Waals surface area contributed by atoms with Gasteiger partial charge in [0.15, 0.2) is 0 Å². The molecule has 1 aromatic heterocycles. The molecular formula is C19H25N3O3S. The highest BCUT2D eigenvalue weighted by Crippen LogP contribution is 2.28. The molecule has 0 bridgehead atoms. The Morgan fingerprint density at radius 2 is 2.04 bits per heavy atom. The molecule has 0 aliphatic carbocycles.